The largest absolute Gasteiger partial charge is 0.481 e. The van der Waals surface area contributed by atoms with Gasteiger partial charge in [-0.2, -0.15) is 0 Å². The zero-order valence-corrected chi connectivity index (χ0v) is 15.3. The number of piperazine rings is 1. The molecule has 1 N–H and O–H groups in total. The molecule has 1 fully saturated rings. The lowest BCUT2D eigenvalue weighted by Gasteiger charge is -2.33. The van der Waals surface area contributed by atoms with Crippen molar-refractivity contribution in [2.75, 3.05) is 44.7 Å². The molecule has 3 rings (SSSR count). The minimum absolute atomic E-state index is 0.286. The summed E-state index contributed by atoms with van der Waals surface area (Å²) in [5, 5.41) is 3.45. The number of terminal acetylenes is 1. The Balaban J connectivity index is 1.50. The first-order valence-electron chi connectivity index (χ1n) is 8.99. The van der Waals surface area contributed by atoms with E-state index in [-0.39, 0.29) is 6.61 Å². The zero-order chi connectivity index (χ0) is 18.2. The Labute approximate surface area is 156 Å². The summed E-state index contributed by atoms with van der Waals surface area (Å²) in [6.45, 7) is 6.03. The van der Waals surface area contributed by atoms with Crippen LogP contribution < -0.4 is 15.0 Å². The summed E-state index contributed by atoms with van der Waals surface area (Å²) in [6.07, 6.45) is 7.23. The lowest BCUT2D eigenvalue weighted by atomic mass is 10.2. The number of pyridine rings is 1. The molecule has 5 heteroatoms. The quantitative estimate of drug-likeness (QED) is 0.775. The molecular weight excluding hydrogens is 324 g/mol. The lowest BCUT2D eigenvalue weighted by Crippen LogP contribution is -2.44. The minimum Gasteiger partial charge on any atom is -0.481 e. The molecule has 0 unspecified atom stereocenters. The highest BCUT2D eigenvalue weighted by molar-refractivity contribution is 5.40. The molecule has 1 aliphatic heterocycles. The summed E-state index contributed by atoms with van der Waals surface area (Å²) < 4.78 is 5.58. The molecule has 0 radical (unpaired) electrons. The van der Waals surface area contributed by atoms with Gasteiger partial charge in [-0.1, -0.05) is 30.2 Å². The van der Waals surface area contributed by atoms with Gasteiger partial charge < -0.3 is 19.9 Å². The fraction of sp³-hybridized carbons (Fsp3) is 0.381. The molecule has 0 bridgehead atoms. The minimum atomic E-state index is 0.286. The van der Waals surface area contributed by atoms with E-state index in [1.165, 1.54) is 5.56 Å². The van der Waals surface area contributed by atoms with Gasteiger partial charge in [-0.3, -0.25) is 0 Å². The molecule has 0 saturated carbocycles. The molecule has 1 saturated heterocycles. The van der Waals surface area contributed by atoms with E-state index in [0.717, 1.165) is 56.4 Å². The number of rotatable bonds is 7. The number of aromatic nitrogens is 1. The van der Waals surface area contributed by atoms with Crippen LogP contribution >= 0.6 is 0 Å². The molecule has 0 atom stereocenters. The molecule has 136 valence electrons. The van der Waals surface area contributed by atoms with Crippen molar-refractivity contribution >= 4 is 5.82 Å². The van der Waals surface area contributed by atoms with Crippen LogP contribution in [0.15, 0.2) is 42.6 Å². The van der Waals surface area contributed by atoms with E-state index in [9.17, 15) is 0 Å². The maximum absolute atomic E-state index is 5.58. The number of hydrogen-bond donors (Lipinski definition) is 1. The van der Waals surface area contributed by atoms with Crippen LogP contribution in [-0.2, 0) is 13.1 Å². The molecule has 5 nitrogen and oxygen atoms in total. The second-order valence-electron chi connectivity index (χ2n) is 6.52. The zero-order valence-electron chi connectivity index (χ0n) is 15.3. The summed E-state index contributed by atoms with van der Waals surface area (Å²) >= 11 is 0. The fourth-order valence-electron chi connectivity index (χ4n) is 3.00. The van der Waals surface area contributed by atoms with Gasteiger partial charge in [0.25, 0.3) is 0 Å². The maximum Gasteiger partial charge on any atom is 0.148 e. The van der Waals surface area contributed by atoms with Crippen molar-refractivity contribution in [3.63, 3.8) is 0 Å². The maximum atomic E-state index is 5.58. The predicted octanol–water partition coefficient (Wildman–Crippen LogP) is 2.14. The monoisotopic (exact) mass is 350 g/mol. The number of likely N-dealkylation sites (N-methyl/N-ethyl adjacent to an activating group) is 1. The van der Waals surface area contributed by atoms with Crippen LogP contribution in [0.1, 0.15) is 11.1 Å². The van der Waals surface area contributed by atoms with Crippen molar-refractivity contribution in [2.24, 2.45) is 0 Å². The predicted molar refractivity (Wildman–Crippen MR) is 105 cm³/mol. The van der Waals surface area contributed by atoms with Gasteiger partial charge in [0, 0.05) is 51.0 Å². The Hall–Kier alpha value is -2.55. The topological polar surface area (TPSA) is 40.6 Å². The highest BCUT2D eigenvalue weighted by atomic mass is 16.5. The first-order valence-corrected chi connectivity index (χ1v) is 8.99. The van der Waals surface area contributed by atoms with Crippen LogP contribution in [0.5, 0.6) is 5.75 Å². The van der Waals surface area contributed by atoms with Crippen LogP contribution in [0.25, 0.3) is 0 Å². The molecule has 2 aromatic rings. The molecule has 0 spiro atoms. The summed E-state index contributed by atoms with van der Waals surface area (Å²) in [5.41, 5.74) is 2.27. The third-order valence-corrected chi connectivity index (χ3v) is 4.56. The first kappa shape index (κ1) is 18.2. The number of hydrogen-bond acceptors (Lipinski definition) is 5. The van der Waals surface area contributed by atoms with Gasteiger partial charge in [-0.25, -0.2) is 4.98 Å². The third-order valence-electron chi connectivity index (χ3n) is 4.56. The van der Waals surface area contributed by atoms with Crippen LogP contribution in [-0.4, -0.2) is 49.7 Å². The van der Waals surface area contributed by atoms with Crippen molar-refractivity contribution in [3.8, 4) is 18.1 Å². The highest BCUT2D eigenvalue weighted by Gasteiger charge is 2.14. The molecule has 1 aromatic heterocycles. The number of para-hydroxylation sites is 1. The Morgan fingerprint density at radius 2 is 1.92 bits per heavy atom. The molecule has 1 aliphatic rings. The smallest absolute Gasteiger partial charge is 0.148 e. The number of nitrogens with zero attached hydrogens (tertiary/aromatic N) is 3. The molecule has 0 amide bonds. The molecule has 1 aromatic carbocycles. The van der Waals surface area contributed by atoms with Crippen molar-refractivity contribution in [3.05, 3.63) is 53.7 Å². The molecule has 2 heterocycles. The normalized spacial score (nSPS) is 14.8. The van der Waals surface area contributed by atoms with E-state index in [0.29, 0.717) is 0 Å². The Morgan fingerprint density at radius 1 is 1.12 bits per heavy atom. The fourth-order valence-corrected chi connectivity index (χ4v) is 3.00. The van der Waals surface area contributed by atoms with E-state index >= 15 is 0 Å². The molecule has 0 aliphatic carbocycles. The summed E-state index contributed by atoms with van der Waals surface area (Å²) in [6, 6.07) is 12.2. The van der Waals surface area contributed by atoms with Crippen LogP contribution in [0.4, 0.5) is 5.82 Å². The summed E-state index contributed by atoms with van der Waals surface area (Å²) in [4.78, 5) is 9.32. The van der Waals surface area contributed by atoms with E-state index in [2.05, 4.69) is 45.2 Å². The average molecular weight is 350 g/mol. The van der Waals surface area contributed by atoms with E-state index in [4.69, 9.17) is 11.2 Å². The number of ether oxygens (including phenoxy) is 1. The van der Waals surface area contributed by atoms with E-state index in [1.54, 1.807) is 0 Å². The third kappa shape index (κ3) is 4.98. The summed E-state index contributed by atoms with van der Waals surface area (Å²) in [5.74, 6) is 4.40. The van der Waals surface area contributed by atoms with E-state index in [1.807, 2.05) is 30.5 Å². The lowest BCUT2D eigenvalue weighted by molar-refractivity contribution is 0.312. The van der Waals surface area contributed by atoms with Gasteiger partial charge in [0.05, 0.1) is 0 Å². The van der Waals surface area contributed by atoms with Gasteiger partial charge in [0.1, 0.15) is 18.2 Å². The Bertz CT molecular complexity index is 730. The second kappa shape index (κ2) is 9.23. The highest BCUT2D eigenvalue weighted by Crippen LogP contribution is 2.18. The SMILES string of the molecule is C#CCOc1ccccc1CNCc1ccc(N2CCN(C)CC2)nc1. The summed E-state index contributed by atoms with van der Waals surface area (Å²) in [7, 11) is 2.16. The van der Waals surface area contributed by atoms with Gasteiger partial charge in [0.15, 0.2) is 0 Å². The van der Waals surface area contributed by atoms with Crippen molar-refractivity contribution < 1.29 is 4.74 Å². The Morgan fingerprint density at radius 3 is 2.65 bits per heavy atom. The number of benzene rings is 1. The van der Waals surface area contributed by atoms with Crippen molar-refractivity contribution in [1.82, 2.24) is 15.2 Å². The molecule has 26 heavy (non-hydrogen) atoms. The van der Waals surface area contributed by atoms with Crippen LogP contribution in [0.2, 0.25) is 0 Å². The second-order valence-corrected chi connectivity index (χ2v) is 6.52. The average Bonchev–Trinajstić information content (AvgIpc) is 2.68. The van der Waals surface area contributed by atoms with Gasteiger partial charge in [-0.15, -0.1) is 6.42 Å². The number of anilines is 1. The van der Waals surface area contributed by atoms with E-state index < -0.39 is 0 Å². The standard InChI is InChI=1S/C21H26N4O/c1-3-14-26-20-7-5-4-6-19(20)17-22-15-18-8-9-21(23-16-18)25-12-10-24(2)11-13-25/h1,4-9,16,22H,10-15,17H2,2H3. The van der Waals surface area contributed by atoms with Gasteiger partial charge >= 0.3 is 0 Å². The van der Waals surface area contributed by atoms with Crippen molar-refractivity contribution in [2.45, 2.75) is 13.1 Å². The van der Waals surface area contributed by atoms with Gasteiger partial charge in [-0.05, 0) is 24.7 Å². The Kier molecular flexibility index (Phi) is 6.48. The number of nitrogens with one attached hydrogen (secondary N) is 1. The van der Waals surface area contributed by atoms with Crippen LogP contribution in [0.3, 0.4) is 0 Å². The van der Waals surface area contributed by atoms with Crippen molar-refractivity contribution in [1.29, 1.82) is 0 Å². The molecular formula is C21H26N4O. The first-order chi connectivity index (χ1) is 12.8. The van der Waals surface area contributed by atoms with Crippen LogP contribution in [0, 0.1) is 12.3 Å². The van der Waals surface area contributed by atoms with Gasteiger partial charge in [0.2, 0.25) is 0 Å².